The number of aromatic amines is 1. The summed E-state index contributed by atoms with van der Waals surface area (Å²) < 4.78 is 4.93. The number of aromatic nitrogens is 1. The van der Waals surface area contributed by atoms with Crippen LogP contribution in [0.15, 0.2) is 72.4 Å². The van der Waals surface area contributed by atoms with Crippen molar-refractivity contribution in [2.75, 3.05) is 13.2 Å². The van der Waals surface area contributed by atoms with E-state index in [4.69, 9.17) is 15.6 Å². The fourth-order valence-corrected chi connectivity index (χ4v) is 3.29. The number of esters is 1. The van der Waals surface area contributed by atoms with E-state index in [1.807, 2.05) is 60.8 Å². The van der Waals surface area contributed by atoms with Crippen molar-refractivity contribution in [2.24, 2.45) is 11.7 Å². The van der Waals surface area contributed by atoms with Crippen LogP contribution < -0.4 is 5.73 Å². The van der Waals surface area contributed by atoms with E-state index >= 15 is 0 Å². The van der Waals surface area contributed by atoms with Gasteiger partial charge in [0.15, 0.2) is 5.78 Å². The predicted octanol–water partition coefficient (Wildman–Crippen LogP) is 2.91. The minimum atomic E-state index is -0.628. The maximum atomic E-state index is 12.0. The number of aliphatic hydroxyl groups is 1. The lowest BCUT2D eigenvalue weighted by Crippen LogP contribution is -2.35. The van der Waals surface area contributed by atoms with E-state index in [-0.39, 0.29) is 24.6 Å². The summed E-state index contributed by atoms with van der Waals surface area (Å²) in [5.41, 5.74) is 8.81. The van der Waals surface area contributed by atoms with E-state index < -0.39 is 11.9 Å². The van der Waals surface area contributed by atoms with Gasteiger partial charge in [0.1, 0.15) is 6.61 Å². The van der Waals surface area contributed by atoms with Crippen molar-refractivity contribution in [1.29, 1.82) is 0 Å². The van der Waals surface area contributed by atoms with E-state index in [9.17, 15) is 9.59 Å². The van der Waals surface area contributed by atoms with Crippen molar-refractivity contribution >= 4 is 22.7 Å². The molecule has 1 unspecified atom stereocenters. The number of fused-ring (bicyclic) bond motifs is 1. The van der Waals surface area contributed by atoms with Crippen molar-refractivity contribution in [3.63, 3.8) is 0 Å². The van der Waals surface area contributed by atoms with E-state index in [0.717, 1.165) is 22.9 Å². The van der Waals surface area contributed by atoms with Crippen LogP contribution in [0.5, 0.6) is 0 Å². The van der Waals surface area contributed by atoms with Crippen LogP contribution >= 0.6 is 0 Å². The summed E-state index contributed by atoms with van der Waals surface area (Å²) in [6, 6.07) is 18.0. The fourth-order valence-electron chi connectivity index (χ4n) is 3.29. The molecule has 4 N–H and O–H groups in total. The Bertz CT molecular complexity index is 1020. The molecular formula is C24H26N2O4. The Morgan fingerprint density at radius 3 is 2.53 bits per heavy atom. The number of aryl methyl sites for hydroxylation is 1. The number of hydrogen-bond acceptors (Lipinski definition) is 5. The Morgan fingerprint density at radius 1 is 1.10 bits per heavy atom. The van der Waals surface area contributed by atoms with E-state index in [2.05, 4.69) is 4.98 Å². The molecule has 2 heterocycles. The molecule has 0 saturated carbocycles. The topological polar surface area (TPSA) is 105 Å². The van der Waals surface area contributed by atoms with Gasteiger partial charge in [-0.1, -0.05) is 54.6 Å². The van der Waals surface area contributed by atoms with Crippen molar-refractivity contribution in [2.45, 2.75) is 19.4 Å². The molecule has 1 aliphatic heterocycles. The Balaban J connectivity index is 0.000000269. The highest BCUT2D eigenvalue weighted by Crippen LogP contribution is 2.21. The van der Waals surface area contributed by atoms with E-state index in [1.165, 1.54) is 5.56 Å². The highest BCUT2D eigenvalue weighted by Gasteiger charge is 2.32. The molecular weight excluding hydrogens is 380 g/mol. The fraction of sp³-hybridized carbons (Fsp3) is 0.250. The lowest BCUT2D eigenvalue weighted by atomic mass is 9.95. The van der Waals surface area contributed by atoms with Gasteiger partial charge in [0, 0.05) is 23.6 Å². The Hall–Kier alpha value is -3.22. The molecule has 1 atom stereocenters. The average Bonchev–Trinajstić information content (AvgIpc) is 3.20. The number of hydrogen-bond donors (Lipinski definition) is 3. The molecule has 6 nitrogen and oxygen atoms in total. The van der Waals surface area contributed by atoms with Gasteiger partial charge in [0.05, 0.1) is 18.1 Å². The number of benzene rings is 2. The number of ether oxygens (including phenoxy) is 1. The molecule has 1 aliphatic rings. The number of nitrogens with one attached hydrogen (secondary N) is 1. The maximum Gasteiger partial charge on any atom is 0.341 e. The number of rotatable bonds is 5. The van der Waals surface area contributed by atoms with Crippen molar-refractivity contribution in [1.82, 2.24) is 4.98 Å². The molecule has 0 radical (unpaired) electrons. The number of aliphatic hydroxyl groups excluding tert-OH is 1. The largest absolute Gasteiger partial charge is 0.461 e. The highest BCUT2D eigenvalue weighted by atomic mass is 16.5. The third-order valence-electron chi connectivity index (χ3n) is 5.01. The molecule has 0 spiro atoms. The van der Waals surface area contributed by atoms with E-state index in [0.29, 0.717) is 13.0 Å². The molecule has 4 rings (SSSR count). The smallest absolute Gasteiger partial charge is 0.341 e. The zero-order valence-corrected chi connectivity index (χ0v) is 16.7. The highest BCUT2D eigenvalue weighted by molar-refractivity contribution is 6.19. The second kappa shape index (κ2) is 10.5. The molecule has 30 heavy (non-hydrogen) atoms. The number of allylic oxidation sites excluding steroid dienone is 1. The first kappa shape index (κ1) is 21.5. The summed E-state index contributed by atoms with van der Waals surface area (Å²) in [6.45, 7) is 0.306. The number of ketones is 1. The minimum absolute atomic E-state index is 0.0338. The number of cyclic esters (lactones) is 1. The van der Waals surface area contributed by atoms with Crippen LogP contribution in [0.2, 0.25) is 0 Å². The van der Waals surface area contributed by atoms with Gasteiger partial charge in [0.25, 0.3) is 0 Å². The summed E-state index contributed by atoms with van der Waals surface area (Å²) >= 11 is 0. The number of Topliss-reactive ketones (excluding diaryl/α,β-unsaturated/α-hetero) is 1. The second-order valence-electron chi connectivity index (χ2n) is 7.05. The van der Waals surface area contributed by atoms with Crippen LogP contribution in [0.4, 0.5) is 0 Å². The second-order valence-corrected chi connectivity index (χ2v) is 7.05. The van der Waals surface area contributed by atoms with Gasteiger partial charge in [-0.2, -0.15) is 0 Å². The first-order valence-corrected chi connectivity index (χ1v) is 9.95. The van der Waals surface area contributed by atoms with Gasteiger partial charge in [-0.15, -0.1) is 0 Å². The molecule has 0 bridgehead atoms. The summed E-state index contributed by atoms with van der Waals surface area (Å²) in [4.78, 5) is 26.9. The van der Waals surface area contributed by atoms with Crippen LogP contribution in [0.25, 0.3) is 10.9 Å². The van der Waals surface area contributed by atoms with Gasteiger partial charge in [-0.25, -0.2) is 4.79 Å². The summed E-state index contributed by atoms with van der Waals surface area (Å²) in [5, 5.41) is 10.3. The SMILES string of the molecule is NCc1ccccc1.O=C1OCC(CO)C(=O)/C1=C/CCc1c[nH]c2ccccc12. The minimum Gasteiger partial charge on any atom is -0.461 e. The van der Waals surface area contributed by atoms with Gasteiger partial charge in [0.2, 0.25) is 0 Å². The number of carbonyl (C=O) groups is 2. The Kier molecular flexibility index (Phi) is 7.54. The van der Waals surface area contributed by atoms with Crippen LogP contribution in [-0.4, -0.2) is 35.1 Å². The van der Waals surface area contributed by atoms with Gasteiger partial charge >= 0.3 is 5.97 Å². The lowest BCUT2D eigenvalue weighted by molar-refractivity contribution is -0.148. The maximum absolute atomic E-state index is 12.0. The lowest BCUT2D eigenvalue weighted by Gasteiger charge is -2.20. The third kappa shape index (κ3) is 5.23. The first-order valence-electron chi connectivity index (χ1n) is 9.95. The van der Waals surface area contributed by atoms with Crippen molar-refractivity contribution < 1.29 is 19.4 Å². The molecule has 6 heteroatoms. The number of para-hydroxylation sites is 1. The number of H-pyrrole nitrogens is 1. The molecule has 0 amide bonds. The quantitative estimate of drug-likeness (QED) is 0.343. The summed E-state index contributed by atoms with van der Waals surface area (Å²) in [7, 11) is 0. The molecule has 156 valence electrons. The van der Waals surface area contributed by atoms with Crippen molar-refractivity contribution in [3.8, 4) is 0 Å². The first-order chi connectivity index (χ1) is 14.6. The monoisotopic (exact) mass is 406 g/mol. The Morgan fingerprint density at radius 2 is 1.83 bits per heavy atom. The standard InChI is InChI=1S/C17H17NO4.C7H9N/c19-9-12-10-22-17(21)14(16(12)20)6-3-4-11-8-18-15-7-2-1-5-13(11)15;8-6-7-4-2-1-3-5-7/h1-2,5-8,12,18-19H,3-4,9-10H2;1-5H,6,8H2/b14-6-;. The third-order valence-corrected chi connectivity index (χ3v) is 5.01. The van der Waals surface area contributed by atoms with Gasteiger partial charge in [-0.05, 0) is 30.0 Å². The van der Waals surface area contributed by atoms with Gasteiger partial charge < -0.3 is 20.6 Å². The zero-order valence-electron chi connectivity index (χ0n) is 16.7. The van der Waals surface area contributed by atoms with Crippen LogP contribution in [-0.2, 0) is 27.3 Å². The van der Waals surface area contributed by atoms with Crippen LogP contribution in [0, 0.1) is 5.92 Å². The summed E-state index contributed by atoms with van der Waals surface area (Å²) in [6.07, 6.45) is 4.85. The zero-order chi connectivity index (χ0) is 21.3. The Labute approximate surface area is 175 Å². The normalized spacial score (nSPS) is 17.5. The molecule has 1 saturated heterocycles. The van der Waals surface area contributed by atoms with Gasteiger partial charge in [-0.3, -0.25) is 4.79 Å². The van der Waals surface area contributed by atoms with Crippen LogP contribution in [0.3, 0.4) is 0 Å². The van der Waals surface area contributed by atoms with E-state index in [1.54, 1.807) is 6.08 Å². The molecule has 3 aromatic rings. The molecule has 2 aromatic carbocycles. The number of nitrogens with two attached hydrogens (primary N) is 1. The van der Waals surface area contributed by atoms with Crippen LogP contribution in [0.1, 0.15) is 17.5 Å². The summed E-state index contributed by atoms with van der Waals surface area (Å²) in [5.74, 6) is -1.54. The molecule has 0 aliphatic carbocycles. The number of carbonyl (C=O) groups excluding carboxylic acids is 2. The van der Waals surface area contributed by atoms with Crippen molar-refractivity contribution in [3.05, 3.63) is 83.6 Å². The average molecular weight is 406 g/mol. The molecule has 1 fully saturated rings. The molecule has 1 aromatic heterocycles. The predicted molar refractivity (Wildman–Crippen MR) is 116 cm³/mol.